The van der Waals surface area contributed by atoms with Crippen LogP contribution < -0.4 is 10.2 Å². The number of rotatable bonds is 12. The molecule has 15 heteroatoms. The number of nitrogens with zero attached hydrogens (tertiary/aromatic N) is 7. The van der Waals surface area contributed by atoms with Crippen molar-refractivity contribution in [1.82, 2.24) is 34.7 Å². The van der Waals surface area contributed by atoms with Crippen LogP contribution in [0.3, 0.4) is 0 Å². The Balaban J connectivity index is 1.27. The normalized spacial score (nSPS) is 21.9. The van der Waals surface area contributed by atoms with E-state index in [1.165, 1.54) is 24.7 Å². The fourth-order valence-electron chi connectivity index (χ4n) is 11.2. The van der Waals surface area contributed by atoms with Gasteiger partial charge in [-0.3, -0.25) is 29.3 Å². The van der Waals surface area contributed by atoms with Crippen molar-refractivity contribution in [2.75, 3.05) is 64.9 Å². The smallest absolute Gasteiger partial charge is 0.326 e. The lowest BCUT2D eigenvalue weighted by Gasteiger charge is -2.45. The third-order valence-corrected chi connectivity index (χ3v) is 15.1. The van der Waals surface area contributed by atoms with Crippen LogP contribution in [-0.4, -0.2) is 147 Å². The van der Waals surface area contributed by atoms with Crippen LogP contribution in [-0.2, 0) is 49.7 Å². The highest BCUT2D eigenvalue weighted by molar-refractivity contribution is 5.96. The Morgan fingerprint density at radius 3 is 2.30 bits per heavy atom. The third kappa shape index (κ3) is 10.4. The molecule has 69 heavy (non-hydrogen) atoms. The zero-order valence-corrected chi connectivity index (χ0v) is 42.3. The van der Waals surface area contributed by atoms with E-state index in [4.69, 9.17) is 9.72 Å². The molecule has 4 aromatic rings. The monoisotopic (exact) mass is 947 g/mol. The fourth-order valence-corrected chi connectivity index (χ4v) is 11.2. The van der Waals surface area contributed by atoms with Crippen molar-refractivity contribution in [2.24, 2.45) is 11.3 Å². The number of carboxylic acid groups (broad SMARTS) is 1. The van der Waals surface area contributed by atoms with Gasteiger partial charge in [-0.25, -0.2) is 9.80 Å². The summed E-state index contributed by atoms with van der Waals surface area (Å²) in [6.45, 7) is 19.0. The van der Waals surface area contributed by atoms with Crippen molar-refractivity contribution in [3.05, 3.63) is 71.0 Å². The Kier molecular flexibility index (Phi) is 14.9. The quantitative estimate of drug-likeness (QED) is 0.146. The van der Waals surface area contributed by atoms with Gasteiger partial charge in [0, 0.05) is 102 Å². The molecular formula is C54H74N8O7. The Morgan fingerprint density at radius 1 is 0.942 bits per heavy atom. The highest BCUT2D eigenvalue weighted by Gasteiger charge is 2.41. The Labute approximate surface area is 407 Å². The number of aliphatic hydroxyl groups is 1. The lowest BCUT2D eigenvalue weighted by Crippen LogP contribution is -2.63. The first-order chi connectivity index (χ1) is 32.9. The number of piperazine rings is 1. The molecule has 2 aromatic carbocycles. The fraction of sp³-hybridized carbons (Fsp3) is 0.574. The average Bonchev–Trinajstić information content (AvgIpc) is 4.14. The van der Waals surface area contributed by atoms with Crippen LogP contribution >= 0.6 is 0 Å². The number of fused-ring (bicyclic) bond motifs is 4. The zero-order chi connectivity index (χ0) is 49.5. The largest absolute Gasteiger partial charge is 0.480 e. The number of aromatic nitrogens is 2. The molecule has 2 bridgehead atoms. The topological polar surface area (TPSA) is 164 Å². The maximum atomic E-state index is 14.4. The Morgan fingerprint density at radius 2 is 1.67 bits per heavy atom. The molecule has 1 aliphatic carbocycles. The van der Waals surface area contributed by atoms with E-state index in [1.807, 2.05) is 44.1 Å². The number of benzene rings is 2. The lowest BCUT2D eigenvalue weighted by atomic mass is 9.84. The summed E-state index contributed by atoms with van der Waals surface area (Å²) in [5.41, 5.74) is 9.13. The van der Waals surface area contributed by atoms with Gasteiger partial charge < -0.3 is 34.6 Å². The van der Waals surface area contributed by atoms with Gasteiger partial charge in [-0.1, -0.05) is 52.0 Å². The van der Waals surface area contributed by atoms with Crippen LogP contribution in [0.5, 0.6) is 0 Å². The number of hydrazine groups is 1. The second-order valence-corrected chi connectivity index (χ2v) is 21.1. The summed E-state index contributed by atoms with van der Waals surface area (Å²) < 4.78 is 8.35. The van der Waals surface area contributed by atoms with E-state index in [0.717, 1.165) is 93.6 Å². The maximum Gasteiger partial charge on any atom is 0.326 e. The van der Waals surface area contributed by atoms with Gasteiger partial charge in [-0.05, 0) is 110 Å². The molecule has 0 radical (unpaired) electrons. The van der Waals surface area contributed by atoms with Crippen molar-refractivity contribution in [2.45, 2.75) is 130 Å². The SMILES string of the molecule is CCn1c(-c2cc(N3CCN(C4CC4)CC3)cnc2[C@H](C)OC)c(CC(C)(C)CO)c2cc(-c3cc4cc(c3)C[C@@H](C(=O)O)NC(=O)[C@H](C(C)C)N(C)C(=O)[C@H]3CCCN(C(C)=O)N3CC4)ccc21. The first kappa shape index (κ1) is 50.1. The highest BCUT2D eigenvalue weighted by Crippen LogP contribution is 2.43. The predicted molar refractivity (Wildman–Crippen MR) is 269 cm³/mol. The number of methoxy groups -OCH3 is 1. The molecule has 3 N–H and O–H groups in total. The summed E-state index contributed by atoms with van der Waals surface area (Å²) in [5.74, 6) is -2.45. The summed E-state index contributed by atoms with van der Waals surface area (Å²) in [6, 6.07) is 12.8. The molecule has 2 saturated heterocycles. The molecule has 2 aromatic heterocycles. The van der Waals surface area contributed by atoms with Gasteiger partial charge >= 0.3 is 5.97 Å². The van der Waals surface area contributed by atoms with Gasteiger partial charge in [-0.2, -0.15) is 0 Å². The molecule has 3 fully saturated rings. The minimum Gasteiger partial charge on any atom is -0.480 e. The van der Waals surface area contributed by atoms with Crippen molar-refractivity contribution < 1.29 is 34.1 Å². The minimum atomic E-state index is -1.25. The molecule has 0 unspecified atom stereocenters. The van der Waals surface area contributed by atoms with Gasteiger partial charge in [0.2, 0.25) is 17.7 Å². The summed E-state index contributed by atoms with van der Waals surface area (Å²) in [7, 11) is 3.32. The second-order valence-electron chi connectivity index (χ2n) is 21.1. The van der Waals surface area contributed by atoms with Gasteiger partial charge in [-0.15, -0.1) is 0 Å². The van der Waals surface area contributed by atoms with Crippen molar-refractivity contribution in [3.63, 3.8) is 0 Å². The van der Waals surface area contributed by atoms with E-state index in [1.54, 1.807) is 19.2 Å². The number of amides is 3. The van der Waals surface area contributed by atoms with Crippen LogP contribution in [0.4, 0.5) is 5.69 Å². The molecule has 3 aliphatic heterocycles. The second kappa shape index (κ2) is 20.5. The number of aliphatic hydroxyl groups excluding tert-OH is 1. The van der Waals surface area contributed by atoms with Gasteiger partial charge in [0.05, 0.1) is 29.4 Å². The summed E-state index contributed by atoms with van der Waals surface area (Å²) in [4.78, 5) is 66.3. The molecule has 3 amide bonds. The number of ether oxygens (including phenoxy) is 1. The van der Waals surface area contributed by atoms with Crippen molar-refractivity contribution in [3.8, 4) is 22.4 Å². The standard InChI is InChI=1S/C54H74N8O7/c1-10-60-46-16-13-38(28-42(46)44(30-54(6,7)32-63)50(60)43-29-41(31-55-48(43)34(4)69-9)59-22-20-58(21-23-59)40-14-15-40)39-25-36-17-19-62-47(12-11-18-61(62)35(5)64)52(66)57(8)49(33(2)3)51(65)56-45(53(67)68)27-37(24-36)26-39/h13,16,24-26,28-29,31,33-34,40,45,47,49,63H,10-12,14-15,17-23,27,30,32H2,1-9H3,(H,56,65)(H,67,68)/t34-,45-,47+,49-/m0/s1. The number of pyridine rings is 1. The number of carbonyl (C=O) groups excluding carboxylic acids is 3. The summed E-state index contributed by atoms with van der Waals surface area (Å²) >= 11 is 0. The first-order valence-corrected chi connectivity index (χ1v) is 25.2. The lowest BCUT2D eigenvalue weighted by molar-refractivity contribution is -0.168. The van der Waals surface area contributed by atoms with Crippen molar-refractivity contribution >= 4 is 40.3 Å². The molecule has 4 aliphatic rings. The van der Waals surface area contributed by atoms with E-state index >= 15 is 0 Å². The predicted octanol–water partition coefficient (Wildman–Crippen LogP) is 6.32. The molecule has 1 saturated carbocycles. The zero-order valence-electron chi connectivity index (χ0n) is 42.3. The van der Waals surface area contributed by atoms with Crippen LogP contribution in [0.2, 0.25) is 0 Å². The number of carboxylic acids is 1. The first-order valence-electron chi connectivity index (χ1n) is 25.2. The minimum absolute atomic E-state index is 0.0127. The van der Waals surface area contributed by atoms with Gasteiger partial charge in [0.1, 0.15) is 18.1 Å². The van der Waals surface area contributed by atoms with E-state index in [-0.39, 0.29) is 36.9 Å². The number of aliphatic carboxylic acids is 1. The van der Waals surface area contributed by atoms with Crippen molar-refractivity contribution in [1.29, 1.82) is 0 Å². The number of hydrogen-bond donors (Lipinski definition) is 3. The van der Waals surface area contributed by atoms with Gasteiger partial charge in [0.25, 0.3) is 0 Å². The number of carbonyl (C=O) groups is 4. The van der Waals surface area contributed by atoms with E-state index < -0.39 is 35.4 Å². The molecule has 5 heterocycles. The Hall–Kier alpha value is -5.35. The van der Waals surface area contributed by atoms with E-state index in [0.29, 0.717) is 45.3 Å². The summed E-state index contributed by atoms with van der Waals surface area (Å²) in [5, 5.41) is 28.8. The number of anilines is 1. The molecule has 8 rings (SSSR count). The third-order valence-electron chi connectivity index (χ3n) is 15.1. The molecule has 15 nitrogen and oxygen atoms in total. The number of aryl methyl sites for hydroxylation is 1. The van der Waals surface area contributed by atoms with E-state index in [2.05, 4.69) is 70.8 Å². The molecule has 4 atom stereocenters. The van der Waals surface area contributed by atoms with Crippen LogP contribution in [0.15, 0.2) is 48.7 Å². The molecular weight excluding hydrogens is 873 g/mol. The molecule has 0 spiro atoms. The van der Waals surface area contributed by atoms with E-state index in [9.17, 15) is 29.4 Å². The summed E-state index contributed by atoms with van der Waals surface area (Å²) in [6.07, 6.45) is 6.52. The highest BCUT2D eigenvalue weighted by atomic mass is 16.5. The Bertz CT molecular complexity index is 2560. The number of nitrogens with one attached hydrogen (secondary N) is 1. The number of hydrogen-bond acceptors (Lipinski definition) is 10. The molecule has 372 valence electrons. The number of likely N-dealkylation sites (N-methyl/N-ethyl adjacent to an activating group) is 1. The maximum absolute atomic E-state index is 14.4. The van der Waals surface area contributed by atoms with Gasteiger partial charge in [0.15, 0.2) is 0 Å². The van der Waals surface area contributed by atoms with Crippen LogP contribution in [0.25, 0.3) is 33.3 Å². The van der Waals surface area contributed by atoms with Crippen LogP contribution in [0.1, 0.15) is 103 Å². The average molecular weight is 947 g/mol. The van der Waals surface area contributed by atoms with Crippen LogP contribution in [0, 0.1) is 11.3 Å².